The van der Waals surface area contributed by atoms with Gasteiger partial charge >= 0.3 is 0 Å². The first kappa shape index (κ1) is 15.2. The molecule has 2 unspecified atom stereocenters. The van der Waals surface area contributed by atoms with Gasteiger partial charge < -0.3 is 5.73 Å². The van der Waals surface area contributed by atoms with Crippen LogP contribution in [0.5, 0.6) is 0 Å². The van der Waals surface area contributed by atoms with Crippen LogP contribution in [0.15, 0.2) is 27.6 Å². The number of thioether (sulfide) groups is 1. The molecular weight excluding hydrogens is 348 g/mol. The Morgan fingerprint density at radius 3 is 2.74 bits per heavy atom. The van der Waals surface area contributed by atoms with Gasteiger partial charge in [0.05, 0.1) is 4.90 Å². The first-order valence-corrected chi connectivity index (χ1v) is 9.30. The van der Waals surface area contributed by atoms with Gasteiger partial charge in [0.1, 0.15) is 0 Å². The summed E-state index contributed by atoms with van der Waals surface area (Å²) in [7, 11) is -3.47. The number of hydrogen-bond acceptors (Lipinski definition) is 4. The van der Waals surface area contributed by atoms with Crippen LogP contribution in [0.4, 0.5) is 5.69 Å². The maximum Gasteiger partial charge on any atom is 0.244 e. The van der Waals surface area contributed by atoms with Gasteiger partial charge in [-0.25, -0.2) is 8.42 Å². The zero-order chi connectivity index (χ0) is 14.2. The number of rotatable bonds is 2. The number of nitrogen functional groups attached to an aromatic ring is 1. The van der Waals surface area contributed by atoms with Gasteiger partial charge in [0.25, 0.3) is 0 Å². The Morgan fingerprint density at radius 2 is 2.11 bits per heavy atom. The number of nitrogens with zero attached hydrogens (tertiary/aromatic N) is 1. The second kappa shape index (κ2) is 5.63. The molecule has 0 saturated carbocycles. The summed E-state index contributed by atoms with van der Waals surface area (Å²) in [6, 6.07) is 4.80. The monoisotopic (exact) mass is 364 g/mol. The number of sulfonamides is 1. The van der Waals surface area contributed by atoms with Crippen LogP contribution in [-0.4, -0.2) is 36.3 Å². The van der Waals surface area contributed by atoms with Crippen molar-refractivity contribution >= 4 is 43.4 Å². The third-order valence-corrected chi connectivity index (χ3v) is 7.67. The largest absolute Gasteiger partial charge is 0.399 e. The minimum absolute atomic E-state index is 0.00629. The van der Waals surface area contributed by atoms with Crippen LogP contribution in [0.3, 0.4) is 0 Å². The fourth-order valence-electron chi connectivity index (χ4n) is 2.10. The van der Waals surface area contributed by atoms with Crippen LogP contribution < -0.4 is 5.73 Å². The summed E-state index contributed by atoms with van der Waals surface area (Å²) < 4.78 is 27.5. The number of hydrogen-bond donors (Lipinski definition) is 1. The zero-order valence-corrected chi connectivity index (χ0v) is 14.1. The molecule has 4 nitrogen and oxygen atoms in total. The van der Waals surface area contributed by atoms with Crippen LogP contribution >= 0.6 is 27.7 Å². The summed E-state index contributed by atoms with van der Waals surface area (Å²) in [5.41, 5.74) is 6.20. The molecule has 0 spiro atoms. The van der Waals surface area contributed by atoms with E-state index < -0.39 is 10.0 Å². The van der Waals surface area contributed by atoms with Crippen molar-refractivity contribution in [2.45, 2.75) is 30.0 Å². The summed E-state index contributed by atoms with van der Waals surface area (Å²) in [6.45, 7) is 4.57. The van der Waals surface area contributed by atoms with E-state index in [9.17, 15) is 8.42 Å². The van der Waals surface area contributed by atoms with E-state index in [1.807, 2.05) is 18.7 Å². The number of benzene rings is 1. The van der Waals surface area contributed by atoms with Gasteiger partial charge in [-0.05, 0) is 41.1 Å². The van der Waals surface area contributed by atoms with Gasteiger partial charge in [-0.15, -0.1) is 0 Å². The first-order valence-electron chi connectivity index (χ1n) is 6.02. The summed E-state index contributed by atoms with van der Waals surface area (Å²) in [6.07, 6.45) is 0. The molecule has 2 atom stereocenters. The predicted octanol–water partition coefficient (Wildman–Crippen LogP) is 2.55. The molecule has 0 aromatic heterocycles. The van der Waals surface area contributed by atoms with Crippen LogP contribution in [0.2, 0.25) is 0 Å². The van der Waals surface area contributed by atoms with Crippen molar-refractivity contribution in [1.29, 1.82) is 0 Å². The van der Waals surface area contributed by atoms with E-state index in [1.165, 1.54) is 0 Å². The van der Waals surface area contributed by atoms with E-state index in [0.29, 0.717) is 22.0 Å². The fourth-order valence-corrected chi connectivity index (χ4v) is 6.15. The lowest BCUT2D eigenvalue weighted by molar-refractivity contribution is 0.340. The van der Waals surface area contributed by atoms with Gasteiger partial charge in [-0.2, -0.15) is 16.1 Å². The standard InChI is InChI=1S/C12H17BrN2O2S2/c1-8-9(2)18-6-5-15(8)19(16,17)12-4-3-10(14)7-11(12)13/h3-4,7-9H,5-6,14H2,1-2H3. The molecule has 1 heterocycles. The van der Waals surface area contributed by atoms with Crippen molar-refractivity contribution in [1.82, 2.24) is 4.31 Å². The average Bonchev–Trinajstić information content (AvgIpc) is 2.31. The lowest BCUT2D eigenvalue weighted by atomic mass is 10.2. The topological polar surface area (TPSA) is 63.4 Å². The summed E-state index contributed by atoms with van der Waals surface area (Å²) in [5.74, 6) is 0.831. The second-order valence-corrected chi connectivity index (χ2v) is 8.82. The zero-order valence-electron chi connectivity index (χ0n) is 10.8. The Balaban J connectivity index is 2.41. The van der Waals surface area contributed by atoms with E-state index in [-0.39, 0.29) is 10.9 Å². The molecule has 1 aliphatic rings. The lowest BCUT2D eigenvalue weighted by Crippen LogP contribution is -2.47. The van der Waals surface area contributed by atoms with Crippen LogP contribution in [-0.2, 0) is 10.0 Å². The Labute approximate surface area is 126 Å². The van der Waals surface area contributed by atoms with Crippen molar-refractivity contribution < 1.29 is 8.42 Å². The molecule has 19 heavy (non-hydrogen) atoms. The highest BCUT2D eigenvalue weighted by atomic mass is 79.9. The van der Waals surface area contributed by atoms with Crippen LogP contribution in [0.1, 0.15) is 13.8 Å². The van der Waals surface area contributed by atoms with E-state index in [1.54, 1.807) is 22.5 Å². The summed E-state index contributed by atoms with van der Waals surface area (Å²) in [5, 5.41) is 0.302. The molecular formula is C12H17BrN2O2S2. The molecule has 1 aliphatic heterocycles. The quantitative estimate of drug-likeness (QED) is 0.819. The van der Waals surface area contributed by atoms with E-state index in [4.69, 9.17) is 5.73 Å². The molecule has 2 N–H and O–H groups in total. The van der Waals surface area contributed by atoms with Gasteiger partial charge in [-0.1, -0.05) is 6.92 Å². The molecule has 1 fully saturated rings. The molecule has 2 rings (SSSR count). The molecule has 0 radical (unpaired) electrons. The Kier molecular flexibility index (Phi) is 4.49. The Bertz CT molecular complexity index is 577. The van der Waals surface area contributed by atoms with Crippen molar-refractivity contribution in [3.63, 3.8) is 0 Å². The molecule has 1 aromatic rings. The van der Waals surface area contributed by atoms with Crippen LogP contribution in [0.25, 0.3) is 0 Å². The molecule has 1 saturated heterocycles. The van der Waals surface area contributed by atoms with Crippen molar-refractivity contribution in [3.8, 4) is 0 Å². The van der Waals surface area contributed by atoms with E-state index in [2.05, 4.69) is 22.9 Å². The van der Waals surface area contributed by atoms with Gasteiger partial charge in [0.2, 0.25) is 10.0 Å². The molecule has 7 heteroatoms. The third kappa shape index (κ3) is 2.94. The highest BCUT2D eigenvalue weighted by Crippen LogP contribution is 2.32. The molecule has 0 amide bonds. The molecule has 0 bridgehead atoms. The minimum Gasteiger partial charge on any atom is -0.399 e. The predicted molar refractivity (Wildman–Crippen MR) is 83.8 cm³/mol. The second-order valence-electron chi connectivity index (χ2n) is 4.62. The van der Waals surface area contributed by atoms with Crippen LogP contribution in [0, 0.1) is 0 Å². The molecule has 1 aromatic carbocycles. The molecule has 0 aliphatic carbocycles. The summed E-state index contributed by atoms with van der Waals surface area (Å²) >= 11 is 5.10. The molecule has 106 valence electrons. The maximum absolute atomic E-state index is 12.7. The smallest absolute Gasteiger partial charge is 0.244 e. The fraction of sp³-hybridized carbons (Fsp3) is 0.500. The Morgan fingerprint density at radius 1 is 1.42 bits per heavy atom. The lowest BCUT2D eigenvalue weighted by Gasteiger charge is -2.36. The van der Waals surface area contributed by atoms with Crippen molar-refractivity contribution in [2.24, 2.45) is 0 Å². The van der Waals surface area contributed by atoms with Crippen molar-refractivity contribution in [3.05, 3.63) is 22.7 Å². The number of nitrogens with two attached hydrogens (primary N) is 1. The van der Waals surface area contributed by atoms with E-state index >= 15 is 0 Å². The SMILES string of the molecule is CC1SCCN(S(=O)(=O)c2ccc(N)cc2Br)C1C. The number of anilines is 1. The highest BCUT2D eigenvalue weighted by Gasteiger charge is 2.35. The summed E-state index contributed by atoms with van der Waals surface area (Å²) in [4.78, 5) is 0.285. The van der Waals surface area contributed by atoms with Gasteiger partial charge in [-0.3, -0.25) is 0 Å². The van der Waals surface area contributed by atoms with Gasteiger partial charge in [0.15, 0.2) is 0 Å². The average molecular weight is 365 g/mol. The Hall–Kier alpha value is -0.240. The number of halogens is 1. The third-order valence-electron chi connectivity index (χ3n) is 3.37. The highest BCUT2D eigenvalue weighted by molar-refractivity contribution is 9.10. The maximum atomic E-state index is 12.7. The first-order chi connectivity index (χ1) is 8.84. The van der Waals surface area contributed by atoms with Gasteiger partial charge in [0, 0.05) is 33.7 Å². The normalized spacial score (nSPS) is 25.4. The van der Waals surface area contributed by atoms with Crippen molar-refractivity contribution in [2.75, 3.05) is 18.0 Å². The van der Waals surface area contributed by atoms with E-state index in [0.717, 1.165) is 5.75 Å². The minimum atomic E-state index is -3.47.